The minimum Gasteiger partial charge on any atom is -0.389 e. The molecule has 1 aliphatic carbocycles. The minimum absolute atomic E-state index is 0.368. The predicted octanol–water partition coefficient (Wildman–Crippen LogP) is 2.72. The van der Waals surface area contributed by atoms with Crippen LogP contribution in [-0.2, 0) is 4.74 Å². The van der Waals surface area contributed by atoms with E-state index in [2.05, 4.69) is 19.2 Å². The van der Waals surface area contributed by atoms with E-state index in [4.69, 9.17) is 4.74 Å². The fraction of sp³-hybridized carbons (Fsp3) is 1.00. The van der Waals surface area contributed by atoms with E-state index >= 15 is 0 Å². The van der Waals surface area contributed by atoms with Gasteiger partial charge >= 0.3 is 0 Å². The van der Waals surface area contributed by atoms with Crippen molar-refractivity contribution < 1.29 is 9.84 Å². The summed E-state index contributed by atoms with van der Waals surface area (Å²) in [4.78, 5) is 0. The van der Waals surface area contributed by atoms with Gasteiger partial charge in [0.25, 0.3) is 0 Å². The Morgan fingerprint density at radius 2 is 2.00 bits per heavy atom. The van der Waals surface area contributed by atoms with Gasteiger partial charge in [-0.25, -0.2) is 0 Å². The molecule has 1 saturated carbocycles. The molecule has 1 rings (SSSR count). The van der Waals surface area contributed by atoms with Gasteiger partial charge in [-0.05, 0) is 32.1 Å². The second-order valence-electron chi connectivity index (χ2n) is 5.68. The topological polar surface area (TPSA) is 41.5 Å². The van der Waals surface area contributed by atoms with Crippen LogP contribution in [-0.4, -0.2) is 37.0 Å². The van der Waals surface area contributed by atoms with Crippen LogP contribution in [0.2, 0.25) is 0 Å². The molecule has 0 aliphatic heterocycles. The summed E-state index contributed by atoms with van der Waals surface area (Å²) in [5.74, 6) is 0.798. The van der Waals surface area contributed by atoms with Gasteiger partial charge in [0, 0.05) is 19.2 Å². The molecule has 1 aliphatic rings. The first-order valence-corrected chi connectivity index (χ1v) is 7.73. The fourth-order valence-electron chi connectivity index (χ4n) is 2.65. The van der Waals surface area contributed by atoms with Crippen LogP contribution in [0.5, 0.6) is 0 Å². The first kappa shape index (κ1) is 15.9. The van der Waals surface area contributed by atoms with Crippen LogP contribution in [0.4, 0.5) is 0 Å². The summed E-state index contributed by atoms with van der Waals surface area (Å²) in [5.41, 5.74) is 0. The van der Waals surface area contributed by atoms with E-state index in [9.17, 15) is 5.11 Å². The van der Waals surface area contributed by atoms with Crippen molar-refractivity contribution in [1.29, 1.82) is 0 Å². The van der Waals surface area contributed by atoms with Crippen molar-refractivity contribution in [3.8, 4) is 0 Å². The van der Waals surface area contributed by atoms with E-state index < -0.39 is 0 Å². The molecule has 1 fully saturated rings. The van der Waals surface area contributed by atoms with Crippen molar-refractivity contribution >= 4 is 0 Å². The Bertz CT molecular complexity index is 193. The van der Waals surface area contributed by atoms with Crippen molar-refractivity contribution in [2.24, 2.45) is 5.92 Å². The molecule has 0 spiro atoms. The molecule has 3 nitrogen and oxygen atoms in total. The number of aliphatic hydroxyl groups is 1. The van der Waals surface area contributed by atoms with Crippen molar-refractivity contribution in [1.82, 2.24) is 5.32 Å². The average Bonchev–Trinajstić information content (AvgIpc) is 2.42. The van der Waals surface area contributed by atoms with Gasteiger partial charge in [-0.2, -0.15) is 0 Å². The van der Waals surface area contributed by atoms with E-state index in [0.29, 0.717) is 19.2 Å². The Labute approximate surface area is 112 Å². The smallest absolute Gasteiger partial charge is 0.0897 e. The average molecular weight is 257 g/mol. The molecular formula is C15H31NO2. The molecule has 18 heavy (non-hydrogen) atoms. The molecule has 0 amide bonds. The van der Waals surface area contributed by atoms with Gasteiger partial charge in [-0.1, -0.05) is 32.6 Å². The summed E-state index contributed by atoms with van der Waals surface area (Å²) in [6.07, 6.45) is 8.70. The van der Waals surface area contributed by atoms with Gasteiger partial charge in [0.1, 0.15) is 0 Å². The van der Waals surface area contributed by atoms with Crippen LogP contribution in [0.25, 0.3) is 0 Å². The summed E-state index contributed by atoms with van der Waals surface area (Å²) >= 11 is 0. The molecular weight excluding hydrogens is 226 g/mol. The second kappa shape index (κ2) is 9.76. The van der Waals surface area contributed by atoms with Crippen LogP contribution in [0.15, 0.2) is 0 Å². The van der Waals surface area contributed by atoms with Crippen molar-refractivity contribution in [3.63, 3.8) is 0 Å². The number of hydrogen-bond donors (Lipinski definition) is 2. The lowest BCUT2D eigenvalue weighted by atomic mass is 9.84. The molecule has 2 atom stereocenters. The highest BCUT2D eigenvalue weighted by atomic mass is 16.5. The van der Waals surface area contributed by atoms with Crippen LogP contribution in [0.3, 0.4) is 0 Å². The molecule has 0 radical (unpaired) electrons. The van der Waals surface area contributed by atoms with E-state index in [-0.39, 0.29) is 6.10 Å². The summed E-state index contributed by atoms with van der Waals surface area (Å²) in [5, 5.41) is 13.3. The Kier molecular flexibility index (Phi) is 8.64. The third kappa shape index (κ3) is 6.72. The Hall–Kier alpha value is -0.120. The highest BCUT2D eigenvalue weighted by Crippen LogP contribution is 2.26. The summed E-state index contributed by atoms with van der Waals surface area (Å²) < 4.78 is 5.42. The number of rotatable bonds is 9. The normalized spacial score (nSPS) is 20.8. The molecule has 0 aromatic carbocycles. The van der Waals surface area contributed by atoms with Gasteiger partial charge in [-0.3, -0.25) is 0 Å². The molecule has 1 unspecified atom stereocenters. The molecule has 108 valence electrons. The lowest BCUT2D eigenvalue weighted by Crippen LogP contribution is -2.40. The Morgan fingerprint density at radius 3 is 2.67 bits per heavy atom. The van der Waals surface area contributed by atoms with E-state index in [1.54, 1.807) is 0 Å². The SMILES string of the molecule is CCCCOCC(O)CN[C@H](C)C1CCCCC1. The van der Waals surface area contributed by atoms with Gasteiger partial charge in [0.2, 0.25) is 0 Å². The maximum Gasteiger partial charge on any atom is 0.0897 e. The maximum atomic E-state index is 9.81. The summed E-state index contributed by atoms with van der Waals surface area (Å²) in [6.45, 7) is 6.29. The van der Waals surface area contributed by atoms with Crippen molar-refractivity contribution in [2.45, 2.75) is 70.9 Å². The molecule has 0 aromatic rings. The third-order valence-electron chi connectivity index (χ3n) is 3.98. The second-order valence-corrected chi connectivity index (χ2v) is 5.68. The molecule has 0 saturated heterocycles. The van der Waals surface area contributed by atoms with Gasteiger partial charge in [0.15, 0.2) is 0 Å². The van der Waals surface area contributed by atoms with Crippen LogP contribution in [0.1, 0.15) is 58.8 Å². The first-order valence-electron chi connectivity index (χ1n) is 7.73. The van der Waals surface area contributed by atoms with E-state index in [0.717, 1.165) is 25.4 Å². The summed E-state index contributed by atoms with van der Waals surface area (Å²) in [6, 6.07) is 0.524. The number of nitrogens with one attached hydrogen (secondary N) is 1. The lowest BCUT2D eigenvalue weighted by Gasteiger charge is -2.29. The zero-order valence-corrected chi connectivity index (χ0v) is 12.2. The zero-order valence-electron chi connectivity index (χ0n) is 12.2. The number of ether oxygens (including phenoxy) is 1. The lowest BCUT2D eigenvalue weighted by molar-refractivity contribution is 0.0334. The van der Waals surface area contributed by atoms with Gasteiger partial charge < -0.3 is 15.2 Å². The molecule has 0 heterocycles. The maximum absolute atomic E-state index is 9.81. The van der Waals surface area contributed by atoms with Crippen molar-refractivity contribution in [2.75, 3.05) is 19.8 Å². The molecule has 3 heteroatoms. The van der Waals surface area contributed by atoms with Crippen molar-refractivity contribution in [3.05, 3.63) is 0 Å². The van der Waals surface area contributed by atoms with Gasteiger partial charge in [0.05, 0.1) is 12.7 Å². The number of unbranched alkanes of at least 4 members (excludes halogenated alkanes) is 1. The highest BCUT2D eigenvalue weighted by Gasteiger charge is 2.20. The molecule has 2 N–H and O–H groups in total. The standard InChI is InChI=1S/C15H31NO2/c1-3-4-10-18-12-15(17)11-16-13(2)14-8-6-5-7-9-14/h13-17H,3-12H2,1-2H3/t13-,15?/m1/s1. The van der Waals surface area contributed by atoms with Crippen LogP contribution in [0, 0.1) is 5.92 Å². The number of hydrogen-bond acceptors (Lipinski definition) is 3. The largest absolute Gasteiger partial charge is 0.389 e. The third-order valence-corrected chi connectivity index (χ3v) is 3.98. The zero-order chi connectivity index (χ0) is 13.2. The monoisotopic (exact) mass is 257 g/mol. The van der Waals surface area contributed by atoms with E-state index in [1.165, 1.54) is 32.1 Å². The minimum atomic E-state index is -0.368. The first-order chi connectivity index (χ1) is 8.74. The molecule has 0 bridgehead atoms. The van der Waals surface area contributed by atoms with E-state index in [1.807, 2.05) is 0 Å². The highest BCUT2D eigenvalue weighted by molar-refractivity contribution is 4.76. The fourth-order valence-corrected chi connectivity index (χ4v) is 2.65. The van der Waals surface area contributed by atoms with Crippen LogP contribution < -0.4 is 5.32 Å². The van der Waals surface area contributed by atoms with Gasteiger partial charge in [-0.15, -0.1) is 0 Å². The summed E-state index contributed by atoms with van der Waals surface area (Å²) in [7, 11) is 0. The Morgan fingerprint density at radius 1 is 1.28 bits per heavy atom. The quantitative estimate of drug-likeness (QED) is 0.624. The van der Waals surface area contributed by atoms with Crippen LogP contribution >= 0.6 is 0 Å². The Balaban J connectivity index is 2.03. The molecule has 0 aromatic heterocycles. The number of aliphatic hydroxyl groups excluding tert-OH is 1. The predicted molar refractivity (Wildman–Crippen MR) is 75.8 cm³/mol.